The van der Waals surface area contributed by atoms with E-state index >= 15 is 0 Å². The number of nitrogens with zero attached hydrogens (tertiary/aromatic N) is 1. The van der Waals surface area contributed by atoms with Crippen molar-refractivity contribution in [2.45, 2.75) is 11.9 Å². The molecular weight excluding hydrogens is 197 g/mol. The predicted molar refractivity (Wildman–Crippen MR) is 43.7 cm³/mol. The molecule has 0 aliphatic heterocycles. The van der Waals surface area contributed by atoms with Crippen LogP contribution in [0.2, 0.25) is 0 Å². The molecule has 1 heterocycles. The molecule has 0 saturated heterocycles. The number of rotatable bonds is 3. The van der Waals surface area contributed by atoms with Crippen LogP contribution in [-0.2, 0) is 10.2 Å². The Kier molecular flexibility index (Phi) is 2.82. The molecule has 6 heteroatoms. The van der Waals surface area contributed by atoms with Crippen molar-refractivity contribution < 1.29 is 17.0 Å². The zero-order valence-corrected chi connectivity index (χ0v) is 7.71. The number of halogens is 1. The largest absolute Gasteiger partial charge is 0.491 e. The summed E-state index contributed by atoms with van der Waals surface area (Å²) in [5.74, 6) is -0.0625. The van der Waals surface area contributed by atoms with Gasteiger partial charge in [0, 0.05) is 6.20 Å². The fourth-order valence-electron chi connectivity index (χ4n) is 0.825. The monoisotopic (exact) mass is 205 g/mol. The van der Waals surface area contributed by atoms with Crippen molar-refractivity contribution in [3.05, 3.63) is 18.3 Å². The lowest BCUT2D eigenvalue weighted by atomic mass is 10.5. The van der Waals surface area contributed by atoms with Gasteiger partial charge in [-0.3, -0.25) is 0 Å². The molecule has 0 aliphatic carbocycles. The molecule has 0 N–H and O–H groups in total. The fourth-order valence-corrected chi connectivity index (χ4v) is 1.38. The van der Waals surface area contributed by atoms with E-state index in [4.69, 9.17) is 4.74 Å². The second kappa shape index (κ2) is 3.69. The molecule has 0 aromatic carbocycles. The highest BCUT2D eigenvalue weighted by molar-refractivity contribution is 7.86. The first-order valence-corrected chi connectivity index (χ1v) is 4.96. The van der Waals surface area contributed by atoms with Crippen molar-refractivity contribution in [1.29, 1.82) is 0 Å². The van der Waals surface area contributed by atoms with Crippen LogP contribution in [0, 0.1) is 0 Å². The van der Waals surface area contributed by atoms with Gasteiger partial charge in [0.05, 0.1) is 6.61 Å². The Hall–Kier alpha value is -1.17. The van der Waals surface area contributed by atoms with Gasteiger partial charge in [-0.25, -0.2) is 4.98 Å². The van der Waals surface area contributed by atoms with Gasteiger partial charge in [-0.1, -0.05) is 3.89 Å². The summed E-state index contributed by atoms with van der Waals surface area (Å²) < 4.78 is 38.5. The zero-order chi connectivity index (χ0) is 9.90. The van der Waals surface area contributed by atoms with Gasteiger partial charge in [-0.15, -0.1) is 0 Å². The van der Waals surface area contributed by atoms with Crippen LogP contribution in [0.15, 0.2) is 23.4 Å². The maximum absolute atomic E-state index is 12.5. The summed E-state index contributed by atoms with van der Waals surface area (Å²) in [6, 6.07) is 2.82. The molecule has 0 saturated carbocycles. The minimum atomic E-state index is -4.79. The van der Waals surface area contributed by atoms with E-state index in [1.165, 1.54) is 18.3 Å². The Morgan fingerprint density at radius 1 is 1.62 bits per heavy atom. The van der Waals surface area contributed by atoms with E-state index in [2.05, 4.69) is 4.98 Å². The normalized spacial score (nSPS) is 11.2. The Bertz CT molecular complexity index is 390. The van der Waals surface area contributed by atoms with Gasteiger partial charge in [0.2, 0.25) is 5.03 Å². The topological polar surface area (TPSA) is 56.3 Å². The standard InChI is InChI=1S/C7H8FNO3S/c1-2-12-6-4-3-5-9-7(6)13(8,10)11/h3-5H,2H2,1H3. The number of hydrogen-bond donors (Lipinski definition) is 0. The van der Waals surface area contributed by atoms with E-state index in [0.717, 1.165) is 0 Å². The van der Waals surface area contributed by atoms with Gasteiger partial charge in [0.15, 0.2) is 5.75 Å². The molecule has 0 aliphatic rings. The maximum atomic E-state index is 12.5. The van der Waals surface area contributed by atoms with E-state index in [-0.39, 0.29) is 12.4 Å². The quantitative estimate of drug-likeness (QED) is 0.694. The van der Waals surface area contributed by atoms with Crippen LogP contribution in [0.3, 0.4) is 0 Å². The zero-order valence-electron chi connectivity index (χ0n) is 6.90. The van der Waals surface area contributed by atoms with E-state index in [9.17, 15) is 12.3 Å². The molecule has 1 aromatic rings. The molecule has 4 nitrogen and oxygen atoms in total. The summed E-state index contributed by atoms with van der Waals surface area (Å²) in [4.78, 5) is 3.38. The first-order valence-electron chi connectivity index (χ1n) is 3.58. The maximum Gasteiger partial charge on any atom is 0.353 e. The van der Waals surface area contributed by atoms with Crippen molar-refractivity contribution >= 4 is 10.2 Å². The predicted octanol–water partition coefficient (Wildman–Crippen LogP) is 1.14. The first kappa shape index (κ1) is 9.91. The van der Waals surface area contributed by atoms with Crippen molar-refractivity contribution in [3.63, 3.8) is 0 Å². The molecule has 13 heavy (non-hydrogen) atoms. The van der Waals surface area contributed by atoms with Gasteiger partial charge in [-0.05, 0) is 19.1 Å². The van der Waals surface area contributed by atoms with Gasteiger partial charge in [0.25, 0.3) is 0 Å². The van der Waals surface area contributed by atoms with Gasteiger partial charge >= 0.3 is 10.2 Å². The molecule has 0 unspecified atom stereocenters. The third-order valence-corrected chi connectivity index (χ3v) is 2.04. The van der Waals surface area contributed by atoms with Crippen LogP contribution in [0.25, 0.3) is 0 Å². The van der Waals surface area contributed by atoms with Crippen molar-refractivity contribution in [2.24, 2.45) is 0 Å². The van der Waals surface area contributed by atoms with Gasteiger partial charge in [-0.2, -0.15) is 8.42 Å². The molecule has 0 spiro atoms. The van der Waals surface area contributed by atoms with Crippen LogP contribution in [-0.4, -0.2) is 20.0 Å². The van der Waals surface area contributed by atoms with Crippen molar-refractivity contribution in [3.8, 4) is 5.75 Å². The molecule has 1 aromatic heterocycles. The second-order valence-corrected chi connectivity index (χ2v) is 3.44. The molecule has 1 rings (SSSR count). The number of pyridine rings is 1. The second-order valence-electron chi connectivity index (χ2n) is 2.18. The molecule has 0 atom stereocenters. The van der Waals surface area contributed by atoms with Gasteiger partial charge < -0.3 is 4.74 Å². The lowest BCUT2D eigenvalue weighted by Crippen LogP contribution is -2.02. The summed E-state index contributed by atoms with van der Waals surface area (Å²) in [6.07, 6.45) is 1.19. The molecule has 0 fully saturated rings. The van der Waals surface area contributed by atoms with E-state index in [0.29, 0.717) is 0 Å². The smallest absolute Gasteiger partial charge is 0.353 e. The van der Waals surface area contributed by atoms with Crippen LogP contribution < -0.4 is 4.74 Å². The van der Waals surface area contributed by atoms with Crippen LogP contribution in [0.4, 0.5) is 3.89 Å². The number of aromatic nitrogens is 1. The average Bonchev–Trinajstić information content (AvgIpc) is 2.04. The van der Waals surface area contributed by atoms with E-state index < -0.39 is 15.2 Å². The summed E-state index contributed by atoms with van der Waals surface area (Å²) in [7, 11) is -4.79. The van der Waals surface area contributed by atoms with E-state index in [1.54, 1.807) is 6.92 Å². The summed E-state index contributed by atoms with van der Waals surface area (Å²) >= 11 is 0. The summed E-state index contributed by atoms with van der Waals surface area (Å²) in [5, 5.41) is -0.670. The Morgan fingerprint density at radius 3 is 2.85 bits per heavy atom. The SMILES string of the molecule is CCOc1cccnc1S(=O)(=O)F. The highest BCUT2D eigenvalue weighted by Gasteiger charge is 2.19. The third-order valence-electron chi connectivity index (χ3n) is 1.27. The molecular formula is C7H8FNO3S. The Balaban J connectivity index is 3.20. The van der Waals surface area contributed by atoms with Crippen LogP contribution in [0.1, 0.15) is 6.92 Å². The first-order chi connectivity index (χ1) is 6.05. The fraction of sp³-hybridized carbons (Fsp3) is 0.286. The minimum absolute atomic E-state index is 0.0625. The van der Waals surface area contributed by atoms with Crippen LogP contribution >= 0.6 is 0 Å². The summed E-state index contributed by atoms with van der Waals surface area (Å²) in [6.45, 7) is 1.93. The summed E-state index contributed by atoms with van der Waals surface area (Å²) in [5.41, 5.74) is 0. The average molecular weight is 205 g/mol. The van der Waals surface area contributed by atoms with E-state index in [1.807, 2.05) is 0 Å². The number of ether oxygens (including phenoxy) is 1. The lowest BCUT2D eigenvalue weighted by Gasteiger charge is -2.04. The molecule has 0 radical (unpaired) electrons. The lowest BCUT2D eigenvalue weighted by molar-refractivity contribution is 0.327. The van der Waals surface area contributed by atoms with Crippen molar-refractivity contribution in [2.75, 3.05) is 6.61 Å². The molecule has 72 valence electrons. The van der Waals surface area contributed by atoms with Crippen LogP contribution in [0.5, 0.6) is 5.75 Å². The highest BCUT2D eigenvalue weighted by atomic mass is 32.3. The highest BCUT2D eigenvalue weighted by Crippen LogP contribution is 2.21. The molecule has 0 bridgehead atoms. The van der Waals surface area contributed by atoms with Gasteiger partial charge in [0.1, 0.15) is 0 Å². The Morgan fingerprint density at radius 2 is 2.31 bits per heavy atom. The molecule has 0 amide bonds. The van der Waals surface area contributed by atoms with Crippen molar-refractivity contribution in [1.82, 2.24) is 4.98 Å². The number of hydrogen-bond acceptors (Lipinski definition) is 4. The minimum Gasteiger partial charge on any atom is -0.491 e. The Labute approximate surface area is 75.6 Å². The third kappa shape index (κ3) is 2.38.